The Morgan fingerprint density at radius 2 is 0.823 bits per heavy atom. The van der Waals surface area contributed by atoms with Crippen molar-refractivity contribution in [3.8, 4) is 0 Å². The molecule has 366 valence electrons. The summed E-state index contributed by atoms with van der Waals surface area (Å²) in [5.74, 6) is -1.10. The first-order valence-corrected chi connectivity index (χ1v) is 26.5. The molecule has 1 aliphatic rings. The molecule has 1 rings (SSSR count). The molecule has 8 atom stereocenters. The van der Waals surface area contributed by atoms with Crippen molar-refractivity contribution in [1.82, 2.24) is 0 Å². The fourth-order valence-electron chi connectivity index (χ4n) is 7.81. The number of carbonyl (C=O) groups excluding carboxylic acids is 2. The van der Waals surface area contributed by atoms with E-state index in [2.05, 4.69) is 26.0 Å². The number of phosphoric ester groups is 1. The van der Waals surface area contributed by atoms with Crippen LogP contribution in [0.25, 0.3) is 0 Å². The number of aliphatic hydroxyl groups is 5. The van der Waals surface area contributed by atoms with E-state index in [1.54, 1.807) is 0 Å². The van der Waals surface area contributed by atoms with Gasteiger partial charge in [0.2, 0.25) is 0 Å². The second-order valence-electron chi connectivity index (χ2n) is 17.7. The zero-order valence-electron chi connectivity index (χ0n) is 38.9. The van der Waals surface area contributed by atoms with Crippen molar-refractivity contribution in [2.45, 2.75) is 268 Å². The van der Waals surface area contributed by atoms with E-state index >= 15 is 0 Å². The smallest absolute Gasteiger partial charge is 0.462 e. The standard InChI is InChI=1S/C48H91O13P/c1-3-5-7-9-11-13-15-17-18-19-20-21-22-23-24-25-27-28-30-32-34-36-41(49)58-38-40(60-42(50)37-35-33-31-29-26-16-14-12-10-8-6-4-2)39-59-62(56,57)61-48-46(54)44(52)43(51)45(53)47(48)55/h12,14,40,43-48,51-55H,3-11,13,15-39H2,1-2H3,(H,56,57)/b14-12+/t40-,43?,44-,45?,46?,47?,48?/m0/s1. The van der Waals surface area contributed by atoms with Gasteiger partial charge in [-0.25, -0.2) is 4.57 Å². The van der Waals surface area contributed by atoms with Crippen LogP contribution in [0.15, 0.2) is 12.2 Å². The number of allylic oxidation sites excluding steroid dienone is 2. The van der Waals surface area contributed by atoms with Gasteiger partial charge in [0.25, 0.3) is 0 Å². The number of unbranched alkanes of at least 4 members (excludes halogenated alkanes) is 28. The number of ether oxygens (including phenoxy) is 2. The van der Waals surface area contributed by atoms with E-state index < -0.39 is 75.7 Å². The van der Waals surface area contributed by atoms with Gasteiger partial charge in [-0.2, -0.15) is 0 Å². The minimum absolute atomic E-state index is 0.0903. The molecule has 0 amide bonds. The highest BCUT2D eigenvalue weighted by atomic mass is 31.2. The summed E-state index contributed by atoms with van der Waals surface area (Å²) in [6.07, 6.45) is 28.5. The lowest BCUT2D eigenvalue weighted by Gasteiger charge is -2.41. The molecule has 0 aliphatic heterocycles. The molecule has 0 aromatic heterocycles. The minimum Gasteiger partial charge on any atom is -0.462 e. The summed E-state index contributed by atoms with van der Waals surface area (Å²) >= 11 is 0. The van der Waals surface area contributed by atoms with Crippen molar-refractivity contribution in [3.05, 3.63) is 12.2 Å². The summed E-state index contributed by atoms with van der Waals surface area (Å²) in [5, 5.41) is 50.2. The van der Waals surface area contributed by atoms with Gasteiger partial charge in [0.15, 0.2) is 6.10 Å². The summed E-state index contributed by atoms with van der Waals surface area (Å²) < 4.78 is 33.6. The zero-order valence-corrected chi connectivity index (χ0v) is 39.8. The van der Waals surface area contributed by atoms with Gasteiger partial charge in [-0.15, -0.1) is 0 Å². The number of esters is 2. The molecule has 13 nitrogen and oxygen atoms in total. The van der Waals surface area contributed by atoms with Crippen molar-refractivity contribution in [1.29, 1.82) is 0 Å². The minimum atomic E-state index is -5.11. The third-order valence-electron chi connectivity index (χ3n) is 11.9. The molecule has 0 aromatic carbocycles. The van der Waals surface area contributed by atoms with Crippen molar-refractivity contribution in [2.75, 3.05) is 13.2 Å². The lowest BCUT2D eigenvalue weighted by Crippen LogP contribution is -2.64. The first-order valence-electron chi connectivity index (χ1n) is 25.0. The average molecular weight is 907 g/mol. The van der Waals surface area contributed by atoms with E-state index in [4.69, 9.17) is 18.5 Å². The Balaban J connectivity index is 2.36. The maximum Gasteiger partial charge on any atom is 0.472 e. The molecule has 0 spiro atoms. The van der Waals surface area contributed by atoms with E-state index in [9.17, 15) is 44.6 Å². The molecule has 62 heavy (non-hydrogen) atoms. The van der Waals surface area contributed by atoms with Crippen LogP contribution in [-0.4, -0.2) is 98.3 Å². The number of aliphatic hydroxyl groups excluding tert-OH is 5. The molecule has 1 fully saturated rings. The Morgan fingerprint density at radius 1 is 0.484 bits per heavy atom. The number of hydrogen-bond acceptors (Lipinski definition) is 12. The van der Waals surface area contributed by atoms with Crippen LogP contribution in [0.2, 0.25) is 0 Å². The van der Waals surface area contributed by atoms with E-state index in [1.807, 2.05) is 0 Å². The lowest BCUT2D eigenvalue weighted by atomic mass is 9.85. The second kappa shape index (κ2) is 38.8. The van der Waals surface area contributed by atoms with Crippen molar-refractivity contribution in [2.24, 2.45) is 0 Å². The van der Waals surface area contributed by atoms with Gasteiger partial charge in [-0.1, -0.05) is 187 Å². The Bertz CT molecular complexity index is 1140. The molecule has 1 saturated carbocycles. The normalized spacial score (nSPS) is 21.9. The molecule has 0 saturated heterocycles. The van der Waals surface area contributed by atoms with Crippen molar-refractivity contribution in [3.63, 3.8) is 0 Å². The third-order valence-corrected chi connectivity index (χ3v) is 12.8. The Kier molecular flexibility index (Phi) is 36.7. The van der Waals surface area contributed by atoms with Crippen molar-refractivity contribution < 1.29 is 63.1 Å². The van der Waals surface area contributed by atoms with Crippen LogP contribution in [0.5, 0.6) is 0 Å². The molecule has 0 bridgehead atoms. The van der Waals surface area contributed by atoms with Crippen LogP contribution in [0.1, 0.15) is 226 Å². The van der Waals surface area contributed by atoms with Gasteiger partial charge in [0, 0.05) is 12.8 Å². The summed E-state index contributed by atoms with van der Waals surface area (Å²) in [6, 6.07) is 0. The molecule has 6 unspecified atom stereocenters. The van der Waals surface area contributed by atoms with Crippen LogP contribution in [-0.2, 0) is 32.7 Å². The third kappa shape index (κ3) is 30.7. The fourth-order valence-corrected chi connectivity index (χ4v) is 8.79. The number of carbonyl (C=O) groups is 2. The molecular weight excluding hydrogens is 815 g/mol. The Hall–Kier alpha value is -1.41. The summed E-state index contributed by atoms with van der Waals surface area (Å²) in [5.41, 5.74) is 0. The first-order chi connectivity index (χ1) is 29.9. The molecule has 14 heteroatoms. The maximum atomic E-state index is 12.8. The van der Waals surface area contributed by atoms with Crippen molar-refractivity contribution >= 4 is 19.8 Å². The topological polar surface area (TPSA) is 210 Å². The zero-order chi connectivity index (χ0) is 45.7. The highest BCUT2D eigenvalue weighted by Gasteiger charge is 2.51. The second-order valence-corrected chi connectivity index (χ2v) is 19.1. The first kappa shape index (κ1) is 58.6. The number of phosphoric acid groups is 1. The van der Waals surface area contributed by atoms with E-state index in [0.29, 0.717) is 12.8 Å². The van der Waals surface area contributed by atoms with Gasteiger partial charge < -0.3 is 39.9 Å². The summed E-state index contributed by atoms with van der Waals surface area (Å²) in [6.45, 7) is 3.29. The molecular formula is C48H91O13P. The van der Waals surface area contributed by atoms with Gasteiger partial charge >= 0.3 is 19.8 Å². The highest BCUT2D eigenvalue weighted by molar-refractivity contribution is 7.47. The predicted octanol–water partition coefficient (Wildman–Crippen LogP) is 10.2. The molecule has 0 radical (unpaired) electrons. The Morgan fingerprint density at radius 3 is 1.26 bits per heavy atom. The average Bonchev–Trinajstić information content (AvgIpc) is 3.25. The highest BCUT2D eigenvalue weighted by Crippen LogP contribution is 2.47. The monoisotopic (exact) mass is 907 g/mol. The van der Waals surface area contributed by atoms with Crippen LogP contribution in [0.3, 0.4) is 0 Å². The van der Waals surface area contributed by atoms with Crippen LogP contribution >= 0.6 is 7.82 Å². The fraction of sp³-hybridized carbons (Fsp3) is 0.917. The summed E-state index contributed by atoms with van der Waals surface area (Å²) in [4.78, 5) is 35.7. The predicted molar refractivity (Wildman–Crippen MR) is 244 cm³/mol. The quantitative estimate of drug-likeness (QED) is 0.0146. The molecule has 0 aromatic rings. The number of rotatable bonds is 42. The number of hydrogen-bond donors (Lipinski definition) is 6. The largest absolute Gasteiger partial charge is 0.472 e. The van der Waals surface area contributed by atoms with E-state index in [0.717, 1.165) is 57.8 Å². The maximum absolute atomic E-state index is 12.8. The van der Waals surface area contributed by atoms with Gasteiger partial charge in [0.1, 0.15) is 43.2 Å². The molecule has 6 N–H and O–H groups in total. The summed E-state index contributed by atoms with van der Waals surface area (Å²) in [7, 11) is -5.11. The SMILES string of the molecule is CCCCC/C=C/CCCCCCCC(=O)O[C@@H](COC(=O)CCCCCCCCCCCCCCCCCCCCCCC)COP(=O)(O)OC1C(O)C(O)C(O)[C@H](O)C1O. The lowest BCUT2D eigenvalue weighted by molar-refractivity contribution is -0.220. The van der Waals surface area contributed by atoms with E-state index in [1.165, 1.54) is 128 Å². The van der Waals surface area contributed by atoms with Crippen LogP contribution in [0.4, 0.5) is 0 Å². The van der Waals surface area contributed by atoms with Crippen LogP contribution < -0.4 is 0 Å². The van der Waals surface area contributed by atoms with Gasteiger partial charge in [0.05, 0.1) is 6.61 Å². The van der Waals surface area contributed by atoms with Crippen LogP contribution in [0, 0.1) is 0 Å². The van der Waals surface area contributed by atoms with Gasteiger partial charge in [-0.3, -0.25) is 18.6 Å². The van der Waals surface area contributed by atoms with E-state index in [-0.39, 0.29) is 12.8 Å². The molecule has 1 aliphatic carbocycles. The van der Waals surface area contributed by atoms with Gasteiger partial charge in [-0.05, 0) is 38.5 Å². The Labute approximate surface area is 375 Å². The molecule has 0 heterocycles.